The van der Waals surface area contributed by atoms with Crippen molar-refractivity contribution in [2.24, 2.45) is 22.7 Å². The van der Waals surface area contributed by atoms with Crippen LogP contribution in [0.25, 0.3) is 0 Å². The highest BCUT2D eigenvalue weighted by Gasteiger charge is 2.71. The number of carbonyl (C=O) groups excluding carboxylic acids is 2. The van der Waals surface area contributed by atoms with E-state index in [4.69, 9.17) is 4.74 Å². The van der Waals surface area contributed by atoms with E-state index in [1.807, 2.05) is 6.92 Å². The molecule has 0 radical (unpaired) electrons. The number of benzene rings is 1. The molecule has 154 valence electrons. The van der Waals surface area contributed by atoms with Crippen molar-refractivity contribution >= 4 is 17.4 Å². The number of phenols is 2. The topological polar surface area (TPSA) is 95.9 Å². The Morgan fingerprint density at radius 2 is 2.00 bits per heavy atom. The molecule has 3 aliphatic carbocycles. The SMILES string of the molecule is C[C@@]1(CCC(=O)Nc2c(O)cccc2O)C(=O)C=C[C@]23C[C@H]4C[C@H](O[C@@]4(C)C2)C31. The number of aromatic hydroxyl groups is 2. The highest BCUT2D eigenvalue weighted by atomic mass is 16.5. The van der Waals surface area contributed by atoms with Gasteiger partial charge >= 0.3 is 0 Å². The predicted octanol–water partition coefficient (Wildman–Crippen LogP) is 3.54. The molecule has 6 rings (SSSR count). The fourth-order valence-electron chi connectivity index (χ4n) is 6.87. The quantitative estimate of drug-likeness (QED) is 0.676. The summed E-state index contributed by atoms with van der Waals surface area (Å²) < 4.78 is 6.43. The third-order valence-electron chi connectivity index (χ3n) is 8.07. The highest BCUT2D eigenvalue weighted by Crippen LogP contribution is 2.71. The molecule has 2 aliphatic heterocycles. The lowest BCUT2D eigenvalue weighted by Gasteiger charge is -2.55. The van der Waals surface area contributed by atoms with Crippen molar-refractivity contribution in [2.75, 3.05) is 5.32 Å². The van der Waals surface area contributed by atoms with Gasteiger partial charge in [0, 0.05) is 17.8 Å². The summed E-state index contributed by atoms with van der Waals surface area (Å²) in [6.45, 7) is 4.18. The van der Waals surface area contributed by atoms with Crippen LogP contribution in [0, 0.1) is 22.7 Å². The fourth-order valence-corrected chi connectivity index (χ4v) is 6.87. The molecule has 0 aromatic heterocycles. The van der Waals surface area contributed by atoms with Gasteiger partial charge in [-0.1, -0.05) is 19.1 Å². The van der Waals surface area contributed by atoms with E-state index in [-0.39, 0.29) is 58.3 Å². The maximum absolute atomic E-state index is 13.0. The maximum Gasteiger partial charge on any atom is 0.224 e. The molecule has 5 aliphatic rings. The van der Waals surface area contributed by atoms with Gasteiger partial charge in [0.25, 0.3) is 0 Å². The molecule has 1 unspecified atom stereocenters. The van der Waals surface area contributed by atoms with Crippen molar-refractivity contribution in [3.8, 4) is 11.5 Å². The lowest BCUT2D eigenvalue weighted by Crippen LogP contribution is -2.56. The third kappa shape index (κ3) is 2.51. The van der Waals surface area contributed by atoms with Gasteiger partial charge in [-0.3, -0.25) is 9.59 Å². The summed E-state index contributed by atoms with van der Waals surface area (Å²) in [5.74, 6) is -0.00475. The zero-order valence-corrected chi connectivity index (χ0v) is 16.8. The van der Waals surface area contributed by atoms with E-state index in [2.05, 4.69) is 18.3 Å². The summed E-state index contributed by atoms with van der Waals surface area (Å²) in [5, 5.41) is 22.4. The summed E-state index contributed by atoms with van der Waals surface area (Å²) in [6, 6.07) is 4.30. The first-order chi connectivity index (χ1) is 13.7. The first-order valence-corrected chi connectivity index (χ1v) is 10.4. The molecule has 2 heterocycles. The van der Waals surface area contributed by atoms with Crippen LogP contribution in [-0.4, -0.2) is 33.6 Å². The number of allylic oxidation sites excluding steroid dienone is 2. The molecule has 4 bridgehead atoms. The molecule has 2 saturated heterocycles. The van der Waals surface area contributed by atoms with Crippen molar-refractivity contribution in [1.82, 2.24) is 0 Å². The van der Waals surface area contributed by atoms with Gasteiger partial charge in [0.2, 0.25) is 5.91 Å². The van der Waals surface area contributed by atoms with E-state index in [0.717, 1.165) is 19.3 Å². The van der Waals surface area contributed by atoms with Gasteiger partial charge in [-0.25, -0.2) is 0 Å². The summed E-state index contributed by atoms with van der Waals surface area (Å²) >= 11 is 0. The number of rotatable bonds is 4. The van der Waals surface area contributed by atoms with E-state index in [0.29, 0.717) is 12.3 Å². The molecule has 4 fully saturated rings. The summed E-state index contributed by atoms with van der Waals surface area (Å²) in [6.07, 6.45) is 7.47. The molecule has 3 N–H and O–H groups in total. The number of carbonyl (C=O) groups is 2. The monoisotopic (exact) mass is 397 g/mol. The van der Waals surface area contributed by atoms with Crippen molar-refractivity contribution < 1.29 is 24.5 Å². The van der Waals surface area contributed by atoms with Crippen LogP contribution in [0.4, 0.5) is 5.69 Å². The summed E-state index contributed by atoms with van der Waals surface area (Å²) in [7, 11) is 0. The Hall–Kier alpha value is -2.34. The number of hydrogen-bond acceptors (Lipinski definition) is 5. The minimum atomic E-state index is -0.659. The number of amides is 1. The van der Waals surface area contributed by atoms with Gasteiger partial charge in [0.15, 0.2) is 5.78 Å². The van der Waals surface area contributed by atoms with Crippen molar-refractivity contribution in [2.45, 2.75) is 57.7 Å². The lowest BCUT2D eigenvalue weighted by molar-refractivity contribution is -0.169. The molecule has 1 amide bonds. The van der Waals surface area contributed by atoms with Gasteiger partial charge in [-0.05, 0) is 62.1 Å². The molecular weight excluding hydrogens is 370 g/mol. The Morgan fingerprint density at radius 3 is 2.69 bits per heavy atom. The Morgan fingerprint density at radius 1 is 1.28 bits per heavy atom. The average molecular weight is 397 g/mol. The van der Waals surface area contributed by atoms with E-state index < -0.39 is 5.41 Å². The molecule has 1 aromatic carbocycles. The Labute approximate surface area is 169 Å². The van der Waals surface area contributed by atoms with Gasteiger partial charge < -0.3 is 20.3 Å². The zero-order chi connectivity index (χ0) is 20.6. The van der Waals surface area contributed by atoms with E-state index in [1.165, 1.54) is 18.2 Å². The van der Waals surface area contributed by atoms with Gasteiger partial charge in [0.1, 0.15) is 17.2 Å². The molecular formula is C23H27NO5. The number of ether oxygens (including phenoxy) is 1. The van der Waals surface area contributed by atoms with Crippen LogP contribution in [0.2, 0.25) is 0 Å². The summed E-state index contributed by atoms with van der Waals surface area (Å²) in [5.41, 5.74) is -0.737. The third-order valence-corrected chi connectivity index (χ3v) is 8.07. The van der Waals surface area contributed by atoms with E-state index in [9.17, 15) is 19.8 Å². The number of para-hydroxylation sites is 1. The smallest absolute Gasteiger partial charge is 0.224 e. The average Bonchev–Trinajstić information content (AvgIpc) is 3.02. The molecule has 6 nitrogen and oxygen atoms in total. The second-order valence-corrected chi connectivity index (χ2v) is 9.83. The van der Waals surface area contributed by atoms with Crippen LogP contribution in [0.15, 0.2) is 30.4 Å². The molecule has 29 heavy (non-hydrogen) atoms. The van der Waals surface area contributed by atoms with E-state index in [1.54, 1.807) is 6.08 Å². The standard InChI is InChI=1S/C23H27NO5/c1-21(8-7-18(28)24-19-14(25)4-3-5-15(19)26)17(27)6-9-23-11-13-10-16(20(21)23)29-22(13,2)12-23/h3-6,9,13,16,20,25-26H,7-8,10-12H2,1-2H3,(H,24,28)/t13-,16+,20?,21-,22+,23+/m1/s1. The molecule has 2 saturated carbocycles. The Kier molecular flexibility index (Phi) is 3.77. The Balaban J connectivity index is 1.36. The van der Waals surface area contributed by atoms with Crippen LogP contribution >= 0.6 is 0 Å². The normalized spacial score (nSPS) is 41.6. The second kappa shape index (κ2) is 5.85. The number of hydrogen-bond donors (Lipinski definition) is 3. The molecule has 1 aromatic rings. The number of phenolic OH excluding ortho intramolecular Hbond substituents is 2. The first-order valence-electron chi connectivity index (χ1n) is 10.4. The second-order valence-electron chi connectivity index (χ2n) is 9.83. The summed E-state index contributed by atoms with van der Waals surface area (Å²) in [4.78, 5) is 25.6. The fraction of sp³-hybridized carbons (Fsp3) is 0.565. The zero-order valence-electron chi connectivity index (χ0n) is 16.8. The number of ketones is 1. The van der Waals surface area contributed by atoms with Crippen LogP contribution in [0.3, 0.4) is 0 Å². The first kappa shape index (κ1) is 18.7. The van der Waals surface area contributed by atoms with Crippen LogP contribution in [0.5, 0.6) is 11.5 Å². The predicted molar refractivity (Wildman–Crippen MR) is 106 cm³/mol. The van der Waals surface area contributed by atoms with Gasteiger partial charge in [0.05, 0.1) is 11.7 Å². The largest absolute Gasteiger partial charge is 0.506 e. The number of anilines is 1. The number of nitrogens with one attached hydrogen (secondary N) is 1. The lowest BCUT2D eigenvalue weighted by atomic mass is 9.51. The maximum atomic E-state index is 13.0. The van der Waals surface area contributed by atoms with Gasteiger partial charge in [-0.2, -0.15) is 0 Å². The van der Waals surface area contributed by atoms with E-state index >= 15 is 0 Å². The highest BCUT2D eigenvalue weighted by molar-refractivity contribution is 5.98. The molecule has 1 spiro atoms. The van der Waals surface area contributed by atoms with Crippen LogP contribution < -0.4 is 5.32 Å². The minimum absolute atomic E-state index is 0.00313. The van der Waals surface area contributed by atoms with Crippen LogP contribution in [0.1, 0.15) is 46.0 Å². The molecule has 6 heteroatoms. The van der Waals surface area contributed by atoms with Crippen molar-refractivity contribution in [3.63, 3.8) is 0 Å². The Bertz CT molecular complexity index is 921. The van der Waals surface area contributed by atoms with Crippen molar-refractivity contribution in [1.29, 1.82) is 0 Å². The van der Waals surface area contributed by atoms with Gasteiger partial charge in [-0.15, -0.1) is 0 Å². The van der Waals surface area contributed by atoms with Crippen molar-refractivity contribution in [3.05, 3.63) is 30.4 Å². The minimum Gasteiger partial charge on any atom is -0.506 e. The molecule has 6 atom stereocenters. The van der Waals surface area contributed by atoms with Crippen LogP contribution in [-0.2, 0) is 14.3 Å².